The quantitative estimate of drug-likeness (QED) is 0.710. The molecule has 1 N–H and O–H groups in total. The van der Waals surface area contributed by atoms with Gasteiger partial charge in [0.2, 0.25) is 0 Å². The predicted molar refractivity (Wildman–Crippen MR) is 73.9 cm³/mol. The topological polar surface area (TPSA) is 30.5 Å². The van der Waals surface area contributed by atoms with E-state index in [-0.39, 0.29) is 5.60 Å². The zero-order valence-corrected chi connectivity index (χ0v) is 12.0. The summed E-state index contributed by atoms with van der Waals surface area (Å²) in [5.74, 6) is 0. The van der Waals surface area contributed by atoms with Crippen molar-refractivity contribution in [3.63, 3.8) is 0 Å². The molecule has 0 aromatic rings. The van der Waals surface area contributed by atoms with E-state index in [0.717, 1.165) is 26.2 Å². The van der Waals surface area contributed by atoms with Crippen LogP contribution >= 0.6 is 0 Å². The van der Waals surface area contributed by atoms with Crippen molar-refractivity contribution < 1.29 is 9.47 Å². The highest BCUT2D eigenvalue weighted by molar-refractivity contribution is 4.92. The minimum Gasteiger partial charge on any atom is -0.379 e. The average molecular weight is 255 g/mol. The summed E-state index contributed by atoms with van der Waals surface area (Å²) in [6, 6.07) is 0.574. The molecule has 1 aliphatic carbocycles. The van der Waals surface area contributed by atoms with Gasteiger partial charge in [0.05, 0.1) is 18.3 Å². The lowest BCUT2D eigenvalue weighted by Gasteiger charge is -2.23. The molecule has 1 unspecified atom stereocenters. The average Bonchev–Trinajstić information content (AvgIpc) is 2.95. The van der Waals surface area contributed by atoms with E-state index in [0.29, 0.717) is 12.1 Å². The second kappa shape index (κ2) is 6.88. The van der Waals surface area contributed by atoms with Crippen molar-refractivity contribution in [2.75, 3.05) is 19.8 Å². The molecule has 0 aromatic heterocycles. The van der Waals surface area contributed by atoms with Gasteiger partial charge < -0.3 is 14.8 Å². The highest BCUT2D eigenvalue weighted by Crippen LogP contribution is 2.43. The molecule has 2 rings (SSSR count). The first kappa shape index (κ1) is 14.3. The summed E-state index contributed by atoms with van der Waals surface area (Å²) in [4.78, 5) is 0. The highest BCUT2D eigenvalue weighted by Gasteiger charge is 2.41. The van der Waals surface area contributed by atoms with Crippen molar-refractivity contribution >= 4 is 0 Å². The minimum absolute atomic E-state index is 0.257. The van der Waals surface area contributed by atoms with Gasteiger partial charge in [0, 0.05) is 12.6 Å². The molecule has 2 fully saturated rings. The third-order valence-electron chi connectivity index (χ3n) is 4.18. The van der Waals surface area contributed by atoms with Gasteiger partial charge in [-0.1, -0.05) is 26.7 Å². The van der Waals surface area contributed by atoms with Crippen molar-refractivity contribution in [3.05, 3.63) is 0 Å². The van der Waals surface area contributed by atoms with E-state index in [1.807, 2.05) is 0 Å². The van der Waals surface area contributed by atoms with E-state index >= 15 is 0 Å². The molecule has 1 aliphatic heterocycles. The van der Waals surface area contributed by atoms with Crippen molar-refractivity contribution in [3.8, 4) is 0 Å². The Labute approximate surface area is 112 Å². The lowest BCUT2D eigenvalue weighted by atomic mass is 9.98. The molecule has 0 amide bonds. The fourth-order valence-corrected chi connectivity index (χ4v) is 3.18. The predicted octanol–water partition coefficient (Wildman–Crippen LogP) is 2.88. The van der Waals surface area contributed by atoms with Gasteiger partial charge in [0.1, 0.15) is 0 Å². The van der Waals surface area contributed by atoms with Gasteiger partial charge >= 0.3 is 0 Å². The number of hydrogen-bond acceptors (Lipinski definition) is 3. The summed E-state index contributed by atoms with van der Waals surface area (Å²) < 4.78 is 12.0. The van der Waals surface area contributed by atoms with E-state index in [1.54, 1.807) is 0 Å². The van der Waals surface area contributed by atoms with Gasteiger partial charge in [0.25, 0.3) is 0 Å². The molecule has 0 radical (unpaired) electrons. The van der Waals surface area contributed by atoms with Crippen LogP contribution in [-0.4, -0.2) is 37.5 Å². The van der Waals surface area contributed by atoms with E-state index in [4.69, 9.17) is 9.47 Å². The summed E-state index contributed by atoms with van der Waals surface area (Å²) in [7, 11) is 0. The molecule has 106 valence electrons. The SMILES string of the molecule is CC(C)NCCCOCC1CCC2(CCCC2)O1. The zero-order chi connectivity index (χ0) is 12.8. The van der Waals surface area contributed by atoms with Crippen LogP contribution < -0.4 is 5.32 Å². The van der Waals surface area contributed by atoms with Crippen LogP contribution in [0, 0.1) is 0 Å². The molecule has 1 saturated carbocycles. The van der Waals surface area contributed by atoms with Crippen LogP contribution in [0.1, 0.15) is 58.8 Å². The second-order valence-corrected chi connectivity index (χ2v) is 6.21. The lowest BCUT2D eigenvalue weighted by Crippen LogP contribution is -2.27. The maximum atomic E-state index is 6.21. The van der Waals surface area contributed by atoms with Crippen LogP contribution in [0.5, 0.6) is 0 Å². The van der Waals surface area contributed by atoms with E-state index in [2.05, 4.69) is 19.2 Å². The summed E-state index contributed by atoms with van der Waals surface area (Å²) in [6.07, 6.45) is 9.18. The Morgan fingerprint density at radius 2 is 2.06 bits per heavy atom. The fraction of sp³-hybridized carbons (Fsp3) is 1.00. The van der Waals surface area contributed by atoms with Gasteiger partial charge in [0.15, 0.2) is 0 Å². The van der Waals surface area contributed by atoms with Crippen molar-refractivity contribution in [1.82, 2.24) is 5.32 Å². The Bertz CT molecular complexity index is 237. The van der Waals surface area contributed by atoms with Crippen molar-refractivity contribution in [2.24, 2.45) is 0 Å². The Kier molecular flexibility index (Phi) is 5.46. The Hall–Kier alpha value is -0.120. The third-order valence-corrected chi connectivity index (χ3v) is 4.18. The third kappa shape index (κ3) is 4.22. The van der Waals surface area contributed by atoms with Crippen LogP contribution in [0.15, 0.2) is 0 Å². The van der Waals surface area contributed by atoms with Crippen molar-refractivity contribution in [2.45, 2.75) is 76.5 Å². The molecule has 3 heteroatoms. The number of rotatable bonds is 7. The van der Waals surface area contributed by atoms with Gasteiger partial charge in [-0.2, -0.15) is 0 Å². The van der Waals surface area contributed by atoms with Crippen LogP contribution in [0.4, 0.5) is 0 Å². The lowest BCUT2D eigenvalue weighted by molar-refractivity contribution is -0.0680. The van der Waals surface area contributed by atoms with Crippen LogP contribution in [0.25, 0.3) is 0 Å². The van der Waals surface area contributed by atoms with E-state index in [9.17, 15) is 0 Å². The molecule has 0 aromatic carbocycles. The standard InChI is InChI=1S/C15H29NO2/c1-13(2)16-10-5-11-17-12-14-6-9-15(18-14)7-3-4-8-15/h13-14,16H,3-12H2,1-2H3. The zero-order valence-electron chi connectivity index (χ0n) is 12.0. The summed E-state index contributed by atoms with van der Waals surface area (Å²) in [5.41, 5.74) is 0.257. The van der Waals surface area contributed by atoms with Gasteiger partial charge in [-0.05, 0) is 38.6 Å². The molecule has 18 heavy (non-hydrogen) atoms. The first-order valence-electron chi connectivity index (χ1n) is 7.69. The van der Waals surface area contributed by atoms with Crippen LogP contribution in [-0.2, 0) is 9.47 Å². The van der Waals surface area contributed by atoms with Gasteiger partial charge in [-0.25, -0.2) is 0 Å². The Morgan fingerprint density at radius 3 is 2.78 bits per heavy atom. The Morgan fingerprint density at radius 1 is 1.28 bits per heavy atom. The van der Waals surface area contributed by atoms with Gasteiger partial charge in [-0.3, -0.25) is 0 Å². The smallest absolute Gasteiger partial charge is 0.0817 e. The molecule has 3 nitrogen and oxygen atoms in total. The molecular formula is C15H29NO2. The number of ether oxygens (including phenoxy) is 2. The Balaban J connectivity index is 1.50. The minimum atomic E-state index is 0.257. The molecule has 2 aliphatic rings. The molecule has 0 bridgehead atoms. The van der Waals surface area contributed by atoms with Crippen molar-refractivity contribution in [1.29, 1.82) is 0 Å². The molecule has 1 spiro atoms. The van der Waals surface area contributed by atoms with E-state index < -0.39 is 0 Å². The summed E-state index contributed by atoms with van der Waals surface area (Å²) in [6.45, 7) is 7.05. The first-order valence-corrected chi connectivity index (χ1v) is 7.69. The molecular weight excluding hydrogens is 226 g/mol. The molecule has 1 atom stereocenters. The second-order valence-electron chi connectivity index (χ2n) is 6.21. The molecule has 1 heterocycles. The number of nitrogens with one attached hydrogen (secondary N) is 1. The summed E-state index contributed by atoms with van der Waals surface area (Å²) in [5, 5.41) is 3.40. The van der Waals surface area contributed by atoms with E-state index in [1.165, 1.54) is 38.5 Å². The van der Waals surface area contributed by atoms with Crippen LogP contribution in [0.3, 0.4) is 0 Å². The monoisotopic (exact) mass is 255 g/mol. The fourth-order valence-electron chi connectivity index (χ4n) is 3.18. The maximum Gasteiger partial charge on any atom is 0.0817 e. The molecule has 1 saturated heterocycles. The summed E-state index contributed by atoms with van der Waals surface area (Å²) >= 11 is 0. The van der Waals surface area contributed by atoms with Gasteiger partial charge in [-0.15, -0.1) is 0 Å². The normalized spacial score (nSPS) is 26.5. The maximum absolute atomic E-state index is 6.21. The largest absolute Gasteiger partial charge is 0.379 e. The first-order chi connectivity index (χ1) is 8.70. The highest BCUT2D eigenvalue weighted by atomic mass is 16.6. The number of hydrogen-bond donors (Lipinski definition) is 1. The van der Waals surface area contributed by atoms with Crippen LogP contribution in [0.2, 0.25) is 0 Å².